The van der Waals surface area contributed by atoms with Crippen molar-refractivity contribution >= 4 is 54.0 Å². The molecule has 33 heavy (non-hydrogen) atoms. The average molecular weight is 481 g/mol. The van der Waals surface area contributed by atoms with Gasteiger partial charge in [-0.15, -0.1) is 11.3 Å². The van der Waals surface area contributed by atoms with Gasteiger partial charge in [0.15, 0.2) is 0 Å². The molecule has 3 aromatic carbocycles. The monoisotopic (exact) mass is 480 g/mol. The van der Waals surface area contributed by atoms with Crippen LogP contribution in [0.5, 0.6) is 0 Å². The minimum atomic E-state index is -3.79. The fraction of sp³-hybridized carbons (Fsp3) is 0.0833. The molecule has 0 radical (unpaired) electrons. The number of esters is 1. The first-order valence-electron chi connectivity index (χ1n) is 9.88. The van der Waals surface area contributed by atoms with Crippen molar-refractivity contribution in [1.29, 1.82) is 0 Å². The molecule has 0 saturated heterocycles. The highest BCUT2D eigenvalue weighted by atomic mass is 32.2. The van der Waals surface area contributed by atoms with Crippen molar-refractivity contribution in [3.63, 3.8) is 0 Å². The third-order valence-corrected chi connectivity index (χ3v) is 7.99. The topological polar surface area (TPSA) is 92.8 Å². The zero-order valence-corrected chi connectivity index (χ0v) is 19.4. The van der Waals surface area contributed by atoms with Crippen LogP contribution in [0, 0.1) is 0 Å². The number of carbonyl (C=O) groups is 2. The maximum atomic E-state index is 12.9. The molecule has 0 atom stereocenters. The number of para-hydroxylation sites is 1. The highest BCUT2D eigenvalue weighted by Crippen LogP contribution is 2.36. The Hall–Kier alpha value is -3.69. The molecule has 0 saturated carbocycles. The van der Waals surface area contributed by atoms with Crippen molar-refractivity contribution in [3.8, 4) is 0 Å². The van der Waals surface area contributed by atoms with Gasteiger partial charge in [0.25, 0.3) is 15.9 Å². The summed E-state index contributed by atoms with van der Waals surface area (Å²) in [5.41, 5.74) is 1.07. The number of methoxy groups -OCH3 is 1. The Labute approximate surface area is 195 Å². The Bertz CT molecular complexity index is 1430. The number of nitrogens with one attached hydrogen (secondary N) is 1. The second-order valence-electron chi connectivity index (χ2n) is 7.08. The SMILES string of the molecule is COC(=O)c1c(NC(=O)c2ccc(S(=O)(=O)N(C)c3ccccc3)cc2)sc2ccccc12. The summed E-state index contributed by atoms with van der Waals surface area (Å²) < 4.78 is 32.8. The molecular formula is C24H20N2O5S2. The first-order valence-corrected chi connectivity index (χ1v) is 12.1. The van der Waals surface area contributed by atoms with E-state index in [0.29, 0.717) is 16.1 Å². The van der Waals surface area contributed by atoms with Crippen molar-refractivity contribution in [2.24, 2.45) is 0 Å². The molecule has 9 heteroatoms. The van der Waals surface area contributed by atoms with Crippen LogP contribution in [0.2, 0.25) is 0 Å². The maximum absolute atomic E-state index is 12.9. The zero-order valence-electron chi connectivity index (χ0n) is 17.8. The highest BCUT2D eigenvalue weighted by molar-refractivity contribution is 7.92. The second kappa shape index (κ2) is 9.05. The quantitative estimate of drug-likeness (QED) is 0.402. The Morgan fingerprint density at radius 1 is 0.909 bits per heavy atom. The van der Waals surface area contributed by atoms with Gasteiger partial charge in [0.2, 0.25) is 0 Å². The minimum absolute atomic E-state index is 0.0579. The van der Waals surface area contributed by atoms with Crippen LogP contribution in [0.25, 0.3) is 10.1 Å². The van der Waals surface area contributed by atoms with E-state index in [1.165, 1.54) is 54.1 Å². The van der Waals surface area contributed by atoms with Crippen molar-refractivity contribution in [1.82, 2.24) is 0 Å². The molecule has 0 bridgehead atoms. The number of nitrogens with zero attached hydrogens (tertiary/aromatic N) is 1. The van der Waals surface area contributed by atoms with Crippen LogP contribution in [0.4, 0.5) is 10.7 Å². The number of carbonyl (C=O) groups excluding carboxylic acids is 2. The summed E-state index contributed by atoms with van der Waals surface area (Å²) in [5, 5.41) is 3.82. The number of hydrogen-bond acceptors (Lipinski definition) is 6. The third kappa shape index (κ3) is 4.33. The van der Waals surface area contributed by atoms with Crippen LogP contribution in [-0.4, -0.2) is 34.5 Å². The third-order valence-electron chi connectivity index (χ3n) is 5.11. The van der Waals surface area contributed by atoms with Gasteiger partial charge in [-0.05, 0) is 42.5 Å². The van der Waals surface area contributed by atoms with Crippen molar-refractivity contribution < 1.29 is 22.7 Å². The molecule has 0 aliphatic carbocycles. The summed E-state index contributed by atoms with van der Waals surface area (Å²) in [6, 6.07) is 21.6. The van der Waals surface area contributed by atoms with Gasteiger partial charge in [0, 0.05) is 22.7 Å². The number of fused-ring (bicyclic) bond motifs is 1. The lowest BCUT2D eigenvalue weighted by molar-refractivity contribution is 0.0604. The molecule has 1 heterocycles. The number of sulfonamides is 1. The van der Waals surface area contributed by atoms with E-state index in [0.717, 1.165) is 4.70 Å². The van der Waals surface area contributed by atoms with Crippen molar-refractivity contribution in [2.45, 2.75) is 4.90 Å². The normalized spacial score (nSPS) is 11.2. The summed E-state index contributed by atoms with van der Waals surface area (Å²) in [4.78, 5) is 25.2. The Kier molecular flexibility index (Phi) is 6.17. The number of anilines is 2. The highest BCUT2D eigenvalue weighted by Gasteiger charge is 2.23. The van der Waals surface area contributed by atoms with Gasteiger partial charge in [0.05, 0.1) is 17.7 Å². The van der Waals surface area contributed by atoms with E-state index in [2.05, 4.69) is 5.32 Å². The first kappa shape index (κ1) is 22.5. The lowest BCUT2D eigenvalue weighted by Gasteiger charge is -2.19. The molecule has 0 aliphatic rings. The maximum Gasteiger partial charge on any atom is 0.341 e. The van der Waals surface area contributed by atoms with Gasteiger partial charge in [0.1, 0.15) is 10.6 Å². The van der Waals surface area contributed by atoms with E-state index >= 15 is 0 Å². The van der Waals surface area contributed by atoms with Gasteiger partial charge in [-0.25, -0.2) is 13.2 Å². The number of ether oxygens (including phenoxy) is 1. The lowest BCUT2D eigenvalue weighted by atomic mass is 10.1. The molecular weight excluding hydrogens is 460 g/mol. The minimum Gasteiger partial charge on any atom is -0.465 e. The summed E-state index contributed by atoms with van der Waals surface area (Å²) in [6.45, 7) is 0. The summed E-state index contributed by atoms with van der Waals surface area (Å²) >= 11 is 1.26. The standard InChI is InChI=1S/C24H20N2O5S2/c1-26(17-8-4-3-5-9-17)33(29,30)18-14-12-16(13-15-18)22(27)25-23-21(24(28)31-2)19-10-6-7-11-20(19)32-23/h3-15H,1-2H3,(H,25,27). The van der Waals surface area contributed by atoms with Crippen molar-refractivity contribution in [3.05, 3.63) is 90.0 Å². The molecule has 0 aliphatic heterocycles. The van der Waals surface area contributed by atoms with E-state index in [1.807, 2.05) is 12.1 Å². The molecule has 1 aromatic heterocycles. The van der Waals surface area contributed by atoms with Gasteiger partial charge >= 0.3 is 5.97 Å². The van der Waals surface area contributed by atoms with Gasteiger partial charge in [-0.2, -0.15) is 0 Å². The predicted molar refractivity (Wildman–Crippen MR) is 130 cm³/mol. The zero-order chi connectivity index (χ0) is 23.6. The smallest absolute Gasteiger partial charge is 0.341 e. The van der Waals surface area contributed by atoms with E-state index in [4.69, 9.17) is 4.74 Å². The summed E-state index contributed by atoms with van der Waals surface area (Å²) in [6.07, 6.45) is 0. The largest absolute Gasteiger partial charge is 0.465 e. The fourth-order valence-electron chi connectivity index (χ4n) is 3.33. The second-order valence-corrected chi connectivity index (χ2v) is 10.1. The van der Waals surface area contributed by atoms with Crippen LogP contribution in [0.1, 0.15) is 20.7 Å². The number of rotatable bonds is 6. The van der Waals surface area contributed by atoms with Crippen LogP contribution in [0.3, 0.4) is 0 Å². The predicted octanol–water partition coefficient (Wildman–Crippen LogP) is 4.77. The Morgan fingerprint density at radius 3 is 2.21 bits per heavy atom. The van der Waals surface area contributed by atoms with Crippen molar-refractivity contribution in [2.75, 3.05) is 23.8 Å². The fourth-order valence-corrected chi connectivity index (χ4v) is 5.61. The molecule has 0 fully saturated rings. The number of hydrogen-bond donors (Lipinski definition) is 1. The molecule has 1 amide bonds. The van der Waals surface area contributed by atoms with Crippen LogP contribution < -0.4 is 9.62 Å². The number of amides is 1. The Morgan fingerprint density at radius 2 is 1.55 bits per heavy atom. The lowest BCUT2D eigenvalue weighted by Crippen LogP contribution is -2.26. The summed E-state index contributed by atoms with van der Waals surface area (Å²) in [7, 11) is -1.03. The van der Waals surface area contributed by atoms with Gasteiger partial charge < -0.3 is 10.1 Å². The van der Waals surface area contributed by atoms with Crippen LogP contribution >= 0.6 is 11.3 Å². The average Bonchev–Trinajstić information content (AvgIpc) is 3.21. The Balaban J connectivity index is 1.59. The molecule has 0 unspecified atom stereocenters. The van der Waals surface area contributed by atoms with Gasteiger partial charge in [-0.3, -0.25) is 9.10 Å². The van der Waals surface area contributed by atoms with E-state index in [9.17, 15) is 18.0 Å². The summed E-state index contributed by atoms with van der Waals surface area (Å²) in [5.74, 6) is -1.01. The van der Waals surface area contributed by atoms with E-state index in [-0.39, 0.29) is 16.0 Å². The van der Waals surface area contributed by atoms with Crippen LogP contribution in [-0.2, 0) is 14.8 Å². The van der Waals surface area contributed by atoms with Crippen LogP contribution in [0.15, 0.2) is 83.8 Å². The van der Waals surface area contributed by atoms with E-state index in [1.54, 1.807) is 42.5 Å². The van der Waals surface area contributed by atoms with E-state index < -0.39 is 21.9 Å². The first-order chi connectivity index (χ1) is 15.8. The van der Waals surface area contributed by atoms with Gasteiger partial charge in [-0.1, -0.05) is 36.4 Å². The molecule has 7 nitrogen and oxygen atoms in total. The number of thiophene rings is 1. The molecule has 168 valence electrons. The molecule has 4 aromatic rings. The molecule has 0 spiro atoms. The molecule has 4 rings (SSSR count). The molecule has 1 N–H and O–H groups in total. The number of benzene rings is 3.